The van der Waals surface area contributed by atoms with Gasteiger partial charge in [0.15, 0.2) is 0 Å². The Morgan fingerprint density at radius 3 is 1.91 bits per heavy atom. The maximum atomic E-state index is 6.29. The summed E-state index contributed by atoms with van der Waals surface area (Å²) in [6.07, 6.45) is 0. The van der Waals surface area contributed by atoms with Crippen molar-refractivity contribution in [3.63, 3.8) is 0 Å². The lowest BCUT2D eigenvalue weighted by atomic mass is 9.98. The standard InChI is InChI=1S/C50H31NOS/c1-2-12-32(13-3-1)33-24-26-36(27-25-33)51(45-31-35-14-4-5-17-38(35)40-18-6-7-19-41(40)45)37-16-10-15-34(30-37)39-21-11-22-42-43-28-29-47-48(50(43)53-49(39)42)44-20-8-9-23-46(44)52-47/h1-31H. The van der Waals surface area contributed by atoms with Gasteiger partial charge in [-0.2, -0.15) is 0 Å². The number of benzene rings is 9. The normalized spacial score (nSPS) is 11.8. The fraction of sp³-hybridized carbons (Fsp3) is 0. The molecular weight excluding hydrogens is 663 g/mol. The van der Waals surface area contributed by atoms with Gasteiger partial charge in [-0.25, -0.2) is 0 Å². The van der Waals surface area contributed by atoms with E-state index in [1.807, 2.05) is 17.4 Å². The first-order valence-electron chi connectivity index (χ1n) is 18.0. The number of anilines is 3. The lowest BCUT2D eigenvalue weighted by Crippen LogP contribution is -2.10. The minimum atomic E-state index is 0.929. The number of furan rings is 1. The fourth-order valence-corrected chi connectivity index (χ4v) is 9.57. The first-order chi connectivity index (χ1) is 26.3. The van der Waals surface area contributed by atoms with Crippen molar-refractivity contribution >= 4 is 92.1 Å². The molecule has 0 spiro atoms. The van der Waals surface area contributed by atoms with Crippen LogP contribution in [0.3, 0.4) is 0 Å². The molecule has 0 saturated carbocycles. The molecule has 53 heavy (non-hydrogen) atoms. The molecule has 0 saturated heterocycles. The smallest absolute Gasteiger partial charge is 0.136 e. The largest absolute Gasteiger partial charge is 0.456 e. The summed E-state index contributed by atoms with van der Waals surface area (Å²) in [7, 11) is 0. The molecule has 2 aromatic heterocycles. The maximum Gasteiger partial charge on any atom is 0.136 e. The SMILES string of the molecule is c1ccc(-c2ccc(N(c3cccc(-c4cccc5c4sc4c5ccc5oc6ccccc6c54)c3)c3cc4ccccc4c4ccccc34)cc2)cc1. The van der Waals surface area contributed by atoms with Gasteiger partial charge in [-0.15, -0.1) is 11.3 Å². The molecule has 0 unspecified atom stereocenters. The molecule has 0 aliphatic heterocycles. The lowest BCUT2D eigenvalue weighted by Gasteiger charge is -2.28. The lowest BCUT2D eigenvalue weighted by molar-refractivity contribution is 0.669. The van der Waals surface area contributed by atoms with Crippen LogP contribution in [0.25, 0.3) is 85.9 Å². The zero-order valence-electron chi connectivity index (χ0n) is 28.7. The van der Waals surface area contributed by atoms with E-state index in [0.29, 0.717) is 0 Å². The molecule has 9 aromatic carbocycles. The minimum absolute atomic E-state index is 0.929. The number of hydrogen-bond donors (Lipinski definition) is 0. The molecule has 2 nitrogen and oxygen atoms in total. The number of para-hydroxylation sites is 1. The molecular formula is C50H31NOS. The molecule has 0 atom stereocenters. The third kappa shape index (κ3) is 4.78. The van der Waals surface area contributed by atoms with Crippen LogP contribution in [0.2, 0.25) is 0 Å². The van der Waals surface area contributed by atoms with E-state index in [2.05, 4.69) is 187 Å². The summed E-state index contributed by atoms with van der Waals surface area (Å²) in [6.45, 7) is 0. The van der Waals surface area contributed by atoms with E-state index in [1.165, 1.54) is 74.7 Å². The van der Waals surface area contributed by atoms with Gasteiger partial charge in [-0.1, -0.05) is 140 Å². The topological polar surface area (TPSA) is 16.4 Å². The highest BCUT2D eigenvalue weighted by molar-refractivity contribution is 7.27. The Morgan fingerprint density at radius 2 is 1.04 bits per heavy atom. The summed E-state index contributed by atoms with van der Waals surface area (Å²) in [5.41, 5.74) is 10.1. The Hall–Kier alpha value is -6.68. The van der Waals surface area contributed by atoms with Crippen molar-refractivity contribution in [2.24, 2.45) is 0 Å². The number of rotatable bonds is 5. The Labute approximate surface area is 310 Å². The van der Waals surface area contributed by atoms with Crippen LogP contribution in [0.5, 0.6) is 0 Å². The Balaban J connectivity index is 1.13. The molecule has 0 radical (unpaired) electrons. The molecule has 248 valence electrons. The van der Waals surface area contributed by atoms with Crippen molar-refractivity contribution < 1.29 is 4.42 Å². The van der Waals surface area contributed by atoms with Gasteiger partial charge in [0.2, 0.25) is 0 Å². The number of hydrogen-bond acceptors (Lipinski definition) is 3. The van der Waals surface area contributed by atoms with Crippen LogP contribution in [0.15, 0.2) is 192 Å². The van der Waals surface area contributed by atoms with Crippen molar-refractivity contribution in [3.8, 4) is 22.3 Å². The molecule has 11 aromatic rings. The van der Waals surface area contributed by atoms with Crippen molar-refractivity contribution in [3.05, 3.63) is 188 Å². The first-order valence-corrected chi connectivity index (χ1v) is 18.8. The predicted molar refractivity (Wildman–Crippen MR) is 227 cm³/mol. The van der Waals surface area contributed by atoms with Gasteiger partial charge in [-0.05, 0) is 86.9 Å². The quantitative estimate of drug-likeness (QED) is 0.167. The molecule has 0 aliphatic carbocycles. The molecule has 3 heteroatoms. The maximum absolute atomic E-state index is 6.29. The van der Waals surface area contributed by atoms with Gasteiger partial charge in [-0.3, -0.25) is 0 Å². The van der Waals surface area contributed by atoms with Gasteiger partial charge in [0.25, 0.3) is 0 Å². The van der Waals surface area contributed by atoms with Gasteiger partial charge in [0.1, 0.15) is 11.2 Å². The zero-order valence-corrected chi connectivity index (χ0v) is 29.5. The van der Waals surface area contributed by atoms with E-state index in [9.17, 15) is 0 Å². The van der Waals surface area contributed by atoms with E-state index in [4.69, 9.17) is 4.42 Å². The predicted octanol–water partition coefficient (Wildman–Crippen LogP) is 15.1. The van der Waals surface area contributed by atoms with Crippen LogP contribution < -0.4 is 4.90 Å². The highest BCUT2D eigenvalue weighted by Crippen LogP contribution is 2.47. The molecule has 0 aliphatic rings. The average molecular weight is 694 g/mol. The fourth-order valence-electron chi connectivity index (χ4n) is 8.18. The molecule has 0 N–H and O–H groups in total. The summed E-state index contributed by atoms with van der Waals surface area (Å²) in [4.78, 5) is 2.43. The molecule has 0 fully saturated rings. The van der Waals surface area contributed by atoms with E-state index in [-0.39, 0.29) is 0 Å². The second kappa shape index (κ2) is 11.9. The number of nitrogens with zero attached hydrogens (tertiary/aromatic N) is 1. The third-order valence-electron chi connectivity index (χ3n) is 10.6. The second-order valence-electron chi connectivity index (χ2n) is 13.7. The van der Waals surface area contributed by atoms with E-state index >= 15 is 0 Å². The monoisotopic (exact) mass is 693 g/mol. The van der Waals surface area contributed by atoms with Crippen LogP contribution in [0.1, 0.15) is 0 Å². The number of fused-ring (bicyclic) bond motifs is 10. The van der Waals surface area contributed by atoms with Crippen LogP contribution >= 0.6 is 11.3 Å². The highest BCUT2D eigenvalue weighted by Gasteiger charge is 2.20. The van der Waals surface area contributed by atoms with Crippen molar-refractivity contribution in [1.82, 2.24) is 0 Å². The summed E-state index contributed by atoms with van der Waals surface area (Å²) in [6, 6.07) is 68.0. The van der Waals surface area contributed by atoms with Gasteiger partial charge in [0, 0.05) is 47.7 Å². The molecule has 0 amide bonds. The molecule has 11 rings (SSSR count). The summed E-state index contributed by atoms with van der Waals surface area (Å²) >= 11 is 1.87. The van der Waals surface area contributed by atoms with E-state index in [1.54, 1.807) is 0 Å². The molecule has 2 heterocycles. The van der Waals surface area contributed by atoms with Crippen molar-refractivity contribution in [1.29, 1.82) is 0 Å². The summed E-state index contributed by atoms with van der Waals surface area (Å²) in [5, 5.41) is 9.85. The van der Waals surface area contributed by atoms with E-state index in [0.717, 1.165) is 28.2 Å². The summed E-state index contributed by atoms with van der Waals surface area (Å²) in [5.74, 6) is 0. The third-order valence-corrected chi connectivity index (χ3v) is 11.9. The van der Waals surface area contributed by atoms with Crippen LogP contribution in [0, 0.1) is 0 Å². The number of thiophene rings is 1. The van der Waals surface area contributed by atoms with Crippen LogP contribution in [-0.2, 0) is 0 Å². The highest BCUT2D eigenvalue weighted by atomic mass is 32.1. The van der Waals surface area contributed by atoms with Gasteiger partial charge in [0.05, 0.1) is 5.69 Å². The van der Waals surface area contributed by atoms with Crippen molar-refractivity contribution in [2.45, 2.75) is 0 Å². The zero-order chi connectivity index (χ0) is 34.9. The van der Waals surface area contributed by atoms with Gasteiger partial charge < -0.3 is 9.32 Å². The first kappa shape index (κ1) is 30.0. The van der Waals surface area contributed by atoms with Crippen molar-refractivity contribution in [2.75, 3.05) is 4.90 Å². The summed E-state index contributed by atoms with van der Waals surface area (Å²) < 4.78 is 8.85. The average Bonchev–Trinajstić information content (AvgIpc) is 3.80. The molecule has 0 bridgehead atoms. The second-order valence-corrected chi connectivity index (χ2v) is 14.7. The minimum Gasteiger partial charge on any atom is -0.456 e. The Morgan fingerprint density at radius 1 is 0.377 bits per heavy atom. The van der Waals surface area contributed by atoms with Crippen LogP contribution in [-0.4, -0.2) is 0 Å². The Kier molecular flexibility index (Phi) is 6.76. The van der Waals surface area contributed by atoms with E-state index < -0.39 is 0 Å². The Bertz CT molecular complexity index is 3170. The van der Waals surface area contributed by atoms with Crippen LogP contribution in [0.4, 0.5) is 17.1 Å². The van der Waals surface area contributed by atoms with Gasteiger partial charge >= 0.3 is 0 Å².